The highest BCUT2D eigenvalue weighted by Crippen LogP contribution is 2.19. The van der Waals surface area contributed by atoms with E-state index in [4.69, 9.17) is 0 Å². The number of amides is 2. The van der Waals surface area contributed by atoms with E-state index in [-0.39, 0.29) is 24.8 Å². The number of hydrogen-bond donors (Lipinski definition) is 1. The van der Waals surface area contributed by atoms with E-state index in [0.29, 0.717) is 38.0 Å². The van der Waals surface area contributed by atoms with E-state index in [9.17, 15) is 18.0 Å². The van der Waals surface area contributed by atoms with E-state index in [2.05, 4.69) is 12.2 Å². The summed E-state index contributed by atoms with van der Waals surface area (Å²) in [5.74, 6) is -0.273. The van der Waals surface area contributed by atoms with Gasteiger partial charge in [-0.1, -0.05) is 68.3 Å². The number of benzene rings is 2. The molecule has 0 saturated carbocycles. The number of nitrogens with one attached hydrogen (secondary N) is 1. The zero-order valence-corrected chi connectivity index (χ0v) is 22.9. The normalized spacial score (nSPS) is 12.1. The maximum absolute atomic E-state index is 13.4. The van der Waals surface area contributed by atoms with Crippen molar-refractivity contribution in [3.63, 3.8) is 0 Å². The predicted octanol–water partition coefficient (Wildman–Crippen LogP) is 4.31. The number of sulfonamides is 1. The van der Waals surface area contributed by atoms with Crippen LogP contribution in [0.5, 0.6) is 0 Å². The van der Waals surface area contributed by atoms with Crippen molar-refractivity contribution in [1.29, 1.82) is 0 Å². The molecular weight excluding hydrogens is 474 g/mol. The minimum atomic E-state index is -3.50. The quantitative estimate of drug-likeness (QED) is 0.358. The molecule has 1 unspecified atom stereocenters. The first kappa shape index (κ1) is 29.4. The number of aryl methyl sites for hydroxylation is 1. The Balaban J connectivity index is 2.12. The molecule has 198 valence electrons. The van der Waals surface area contributed by atoms with Crippen molar-refractivity contribution in [2.75, 3.05) is 30.2 Å². The molecule has 0 aliphatic heterocycles. The molecule has 0 saturated heterocycles. The first-order valence-corrected chi connectivity index (χ1v) is 14.7. The van der Waals surface area contributed by atoms with Gasteiger partial charge in [0.25, 0.3) is 0 Å². The molecular formula is C28H41N3O4S. The van der Waals surface area contributed by atoms with Crippen LogP contribution in [0, 0.1) is 6.92 Å². The van der Waals surface area contributed by atoms with Crippen LogP contribution in [0.15, 0.2) is 54.6 Å². The third-order valence-electron chi connectivity index (χ3n) is 6.17. The molecule has 0 aromatic heterocycles. The molecule has 0 aliphatic rings. The Hall–Kier alpha value is -2.87. The van der Waals surface area contributed by atoms with Gasteiger partial charge in [0.15, 0.2) is 0 Å². The fourth-order valence-electron chi connectivity index (χ4n) is 4.12. The molecule has 0 radical (unpaired) electrons. The summed E-state index contributed by atoms with van der Waals surface area (Å²) in [6, 6.07) is 16.6. The van der Waals surface area contributed by atoms with E-state index in [1.165, 1.54) is 10.6 Å². The number of anilines is 1. The zero-order chi connectivity index (χ0) is 26.6. The van der Waals surface area contributed by atoms with E-state index < -0.39 is 16.1 Å². The number of unbranched alkanes of at least 4 members (excludes halogenated alkanes) is 1. The third kappa shape index (κ3) is 9.30. The molecule has 1 atom stereocenters. The Morgan fingerprint density at radius 1 is 0.944 bits per heavy atom. The Morgan fingerprint density at radius 2 is 1.61 bits per heavy atom. The molecule has 0 bridgehead atoms. The van der Waals surface area contributed by atoms with Crippen molar-refractivity contribution in [3.05, 3.63) is 65.7 Å². The van der Waals surface area contributed by atoms with Gasteiger partial charge in [-0.2, -0.15) is 0 Å². The first-order valence-electron chi connectivity index (χ1n) is 12.8. The molecule has 36 heavy (non-hydrogen) atoms. The van der Waals surface area contributed by atoms with E-state index in [1.54, 1.807) is 17.0 Å². The van der Waals surface area contributed by atoms with Gasteiger partial charge in [0, 0.05) is 26.1 Å². The van der Waals surface area contributed by atoms with Crippen molar-refractivity contribution in [2.24, 2.45) is 0 Å². The Morgan fingerprint density at radius 3 is 2.19 bits per heavy atom. The van der Waals surface area contributed by atoms with Crippen molar-refractivity contribution < 1.29 is 18.0 Å². The maximum atomic E-state index is 13.4. The highest BCUT2D eigenvalue weighted by Gasteiger charge is 2.28. The Kier molecular flexibility index (Phi) is 11.9. The molecule has 2 rings (SSSR count). The average Bonchev–Trinajstić information content (AvgIpc) is 2.85. The monoisotopic (exact) mass is 515 g/mol. The third-order valence-corrected chi connectivity index (χ3v) is 7.37. The summed E-state index contributed by atoms with van der Waals surface area (Å²) in [4.78, 5) is 28.0. The maximum Gasteiger partial charge on any atom is 0.242 e. The van der Waals surface area contributed by atoms with Gasteiger partial charge >= 0.3 is 0 Å². The molecule has 1 N–H and O–H groups in total. The number of carbonyl (C=O) groups is 2. The summed E-state index contributed by atoms with van der Waals surface area (Å²) in [7, 11) is -3.50. The molecule has 8 heteroatoms. The minimum Gasteiger partial charge on any atom is -0.354 e. The van der Waals surface area contributed by atoms with Gasteiger partial charge in [-0.05, 0) is 50.3 Å². The summed E-state index contributed by atoms with van der Waals surface area (Å²) < 4.78 is 26.2. The number of rotatable bonds is 15. The highest BCUT2D eigenvalue weighted by atomic mass is 32.2. The van der Waals surface area contributed by atoms with Crippen molar-refractivity contribution in [3.8, 4) is 0 Å². The lowest BCUT2D eigenvalue weighted by Gasteiger charge is -2.31. The lowest BCUT2D eigenvalue weighted by atomic mass is 10.1. The van der Waals surface area contributed by atoms with Crippen LogP contribution in [0.3, 0.4) is 0 Å². The molecule has 2 amide bonds. The van der Waals surface area contributed by atoms with Gasteiger partial charge in [-0.15, -0.1) is 0 Å². The van der Waals surface area contributed by atoms with Gasteiger partial charge in [0.05, 0.1) is 11.9 Å². The van der Waals surface area contributed by atoms with Crippen LogP contribution in [-0.4, -0.2) is 57.1 Å². The minimum absolute atomic E-state index is 0.134. The summed E-state index contributed by atoms with van der Waals surface area (Å²) in [5.41, 5.74) is 2.72. The number of nitrogens with zero attached hydrogens (tertiary/aromatic N) is 2. The smallest absolute Gasteiger partial charge is 0.242 e. The van der Waals surface area contributed by atoms with Crippen LogP contribution >= 0.6 is 0 Å². The second kappa shape index (κ2) is 14.6. The van der Waals surface area contributed by atoms with Crippen molar-refractivity contribution in [2.45, 2.75) is 65.3 Å². The second-order valence-corrected chi connectivity index (χ2v) is 11.1. The summed E-state index contributed by atoms with van der Waals surface area (Å²) in [6.07, 6.45) is 4.71. The summed E-state index contributed by atoms with van der Waals surface area (Å²) in [5, 5.41) is 2.97. The second-order valence-electron chi connectivity index (χ2n) is 9.17. The summed E-state index contributed by atoms with van der Waals surface area (Å²) in [6.45, 7) is 7.13. The molecule has 7 nitrogen and oxygen atoms in total. The topological polar surface area (TPSA) is 86.8 Å². The average molecular weight is 516 g/mol. The lowest BCUT2D eigenvalue weighted by molar-refractivity contribution is -0.140. The molecule has 0 heterocycles. The van der Waals surface area contributed by atoms with E-state index in [0.717, 1.165) is 24.0 Å². The Bertz CT molecular complexity index is 1060. The van der Waals surface area contributed by atoms with Crippen LogP contribution in [0.2, 0.25) is 0 Å². The van der Waals surface area contributed by atoms with Crippen LogP contribution in [0.25, 0.3) is 0 Å². The Labute approximate surface area is 216 Å². The predicted molar refractivity (Wildman–Crippen MR) is 146 cm³/mol. The molecule has 0 aliphatic carbocycles. The lowest BCUT2D eigenvalue weighted by Crippen LogP contribution is -2.50. The number of hydrogen-bond acceptors (Lipinski definition) is 4. The van der Waals surface area contributed by atoms with Gasteiger partial charge in [-0.3, -0.25) is 13.9 Å². The number of carbonyl (C=O) groups excluding carboxylic acids is 2. The fourth-order valence-corrected chi connectivity index (χ4v) is 5.08. The van der Waals surface area contributed by atoms with Crippen LogP contribution in [0.1, 0.15) is 57.1 Å². The summed E-state index contributed by atoms with van der Waals surface area (Å²) >= 11 is 0. The van der Waals surface area contributed by atoms with Gasteiger partial charge in [0.1, 0.15) is 6.04 Å². The zero-order valence-electron chi connectivity index (χ0n) is 22.1. The van der Waals surface area contributed by atoms with Crippen LogP contribution in [0.4, 0.5) is 5.69 Å². The molecule has 0 spiro atoms. The van der Waals surface area contributed by atoms with E-state index >= 15 is 0 Å². The van der Waals surface area contributed by atoms with E-state index in [1.807, 2.05) is 56.3 Å². The van der Waals surface area contributed by atoms with Crippen LogP contribution < -0.4 is 9.62 Å². The van der Waals surface area contributed by atoms with Crippen molar-refractivity contribution in [1.82, 2.24) is 10.2 Å². The fraction of sp³-hybridized carbons (Fsp3) is 0.500. The molecule has 2 aromatic rings. The SMILES string of the molecule is CCCCNC(=O)C(CC)N(CCc1ccccc1)C(=O)CCCN(c1ccc(C)cc1)S(C)(=O)=O. The molecule has 2 aromatic carbocycles. The standard InChI is InChI=1S/C28H41N3O4S/c1-5-7-20-29-28(33)26(6-2)30(22-19-24-12-9-8-10-13-24)27(32)14-11-21-31(36(4,34)35)25-17-15-23(3)16-18-25/h8-10,12-13,15-18,26H,5-7,11,14,19-22H2,1-4H3,(H,29,33). The first-order chi connectivity index (χ1) is 17.2. The van der Waals surface area contributed by atoms with Crippen molar-refractivity contribution >= 4 is 27.5 Å². The highest BCUT2D eigenvalue weighted by molar-refractivity contribution is 7.92. The van der Waals surface area contributed by atoms with Gasteiger partial charge < -0.3 is 10.2 Å². The van der Waals surface area contributed by atoms with Gasteiger partial charge in [-0.25, -0.2) is 8.42 Å². The van der Waals surface area contributed by atoms with Crippen LogP contribution in [-0.2, 0) is 26.0 Å². The van der Waals surface area contributed by atoms with Gasteiger partial charge in [0.2, 0.25) is 21.8 Å². The molecule has 0 fully saturated rings. The largest absolute Gasteiger partial charge is 0.354 e.